The van der Waals surface area contributed by atoms with Crippen LogP contribution in [-0.2, 0) is 6.54 Å². The van der Waals surface area contributed by atoms with Gasteiger partial charge < -0.3 is 9.15 Å². The van der Waals surface area contributed by atoms with Crippen molar-refractivity contribution >= 4 is 23.2 Å². The van der Waals surface area contributed by atoms with E-state index in [1.54, 1.807) is 18.4 Å². The second kappa shape index (κ2) is 5.08. The molecule has 5 heteroatoms. The van der Waals surface area contributed by atoms with Gasteiger partial charge in [-0.05, 0) is 25.2 Å². The van der Waals surface area contributed by atoms with Gasteiger partial charge in [-0.2, -0.15) is 0 Å². The summed E-state index contributed by atoms with van der Waals surface area (Å²) in [5.74, 6) is 1.67. The number of hydrogen-bond acceptors (Lipinski definition) is 3. The molecule has 0 saturated heterocycles. The normalized spacial score (nSPS) is 19.2. The summed E-state index contributed by atoms with van der Waals surface area (Å²) >= 11 is 11.9. The minimum atomic E-state index is -0.0512. The highest BCUT2D eigenvalue weighted by Gasteiger charge is 2.27. The monoisotopic (exact) mass is 297 g/mol. The molecule has 1 aromatic heterocycles. The van der Waals surface area contributed by atoms with Crippen molar-refractivity contribution in [2.75, 3.05) is 13.6 Å². The summed E-state index contributed by atoms with van der Waals surface area (Å²) in [6, 6.07) is 7.26. The summed E-state index contributed by atoms with van der Waals surface area (Å²) in [5.41, 5.74) is 1.10. The molecule has 2 heterocycles. The summed E-state index contributed by atoms with van der Waals surface area (Å²) in [7, 11) is 2.04. The third kappa shape index (κ3) is 2.59. The summed E-state index contributed by atoms with van der Waals surface area (Å²) in [5, 5.41) is 1.02. The number of furan rings is 1. The SMILES string of the molecule is CN1Cc2occc2C(Oc2ccc(Cl)c(Cl)c2)C1. The van der Waals surface area contributed by atoms with Gasteiger partial charge in [-0.3, -0.25) is 4.90 Å². The predicted octanol–water partition coefficient (Wildman–Crippen LogP) is 4.15. The molecular weight excluding hydrogens is 285 g/mol. The molecule has 19 heavy (non-hydrogen) atoms. The summed E-state index contributed by atoms with van der Waals surface area (Å²) in [6.07, 6.45) is 1.65. The molecule has 2 aromatic rings. The van der Waals surface area contributed by atoms with Gasteiger partial charge >= 0.3 is 0 Å². The number of likely N-dealkylation sites (N-methyl/N-ethyl adjacent to an activating group) is 1. The van der Waals surface area contributed by atoms with Crippen molar-refractivity contribution in [2.24, 2.45) is 0 Å². The van der Waals surface area contributed by atoms with Crippen molar-refractivity contribution in [3.8, 4) is 5.75 Å². The Bertz CT molecular complexity index is 597. The zero-order valence-electron chi connectivity index (χ0n) is 10.4. The number of rotatable bonds is 2. The molecule has 1 atom stereocenters. The van der Waals surface area contributed by atoms with E-state index >= 15 is 0 Å². The summed E-state index contributed by atoms with van der Waals surface area (Å²) < 4.78 is 11.5. The Morgan fingerprint density at radius 1 is 1.26 bits per heavy atom. The van der Waals surface area contributed by atoms with Crippen molar-refractivity contribution in [1.82, 2.24) is 4.90 Å². The van der Waals surface area contributed by atoms with Gasteiger partial charge in [0, 0.05) is 18.2 Å². The van der Waals surface area contributed by atoms with Crippen LogP contribution in [0.25, 0.3) is 0 Å². The molecule has 3 rings (SSSR count). The Labute approximate surface area is 121 Å². The maximum absolute atomic E-state index is 6.00. The lowest BCUT2D eigenvalue weighted by atomic mass is 10.1. The highest BCUT2D eigenvalue weighted by Crippen LogP contribution is 2.33. The predicted molar refractivity (Wildman–Crippen MR) is 74.9 cm³/mol. The molecule has 0 amide bonds. The first-order chi connectivity index (χ1) is 9.13. The van der Waals surface area contributed by atoms with Crippen LogP contribution >= 0.6 is 23.2 Å². The smallest absolute Gasteiger partial charge is 0.140 e. The summed E-state index contributed by atoms with van der Waals surface area (Å²) in [6.45, 7) is 1.62. The van der Waals surface area contributed by atoms with Crippen LogP contribution in [0.4, 0.5) is 0 Å². The lowest BCUT2D eigenvalue weighted by Crippen LogP contribution is -2.32. The Morgan fingerprint density at radius 2 is 2.11 bits per heavy atom. The van der Waals surface area contributed by atoms with E-state index in [4.69, 9.17) is 32.4 Å². The van der Waals surface area contributed by atoms with E-state index in [0.717, 1.165) is 24.4 Å². The molecule has 1 unspecified atom stereocenters. The van der Waals surface area contributed by atoms with Gasteiger partial charge in [-0.1, -0.05) is 23.2 Å². The number of benzene rings is 1. The van der Waals surface area contributed by atoms with Gasteiger partial charge in [0.25, 0.3) is 0 Å². The standard InChI is InChI=1S/C14H13Cl2NO2/c1-17-7-13-10(4-5-18-13)14(8-17)19-9-2-3-11(15)12(16)6-9/h2-6,14H,7-8H2,1H3. The van der Waals surface area contributed by atoms with E-state index in [0.29, 0.717) is 15.8 Å². The molecule has 0 bridgehead atoms. The average Bonchev–Trinajstić information content (AvgIpc) is 2.82. The van der Waals surface area contributed by atoms with Gasteiger partial charge in [0.15, 0.2) is 0 Å². The largest absolute Gasteiger partial charge is 0.484 e. The van der Waals surface area contributed by atoms with Crippen LogP contribution < -0.4 is 4.74 Å². The fourth-order valence-corrected chi connectivity index (χ4v) is 2.56. The number of fused-ring (bicyclic) bond motifs is 1. The van der Waals surface area contributed by atoms with Crippen LogP contribution in [0.5, 0.6) is 5.75 Å². The molecule has 1 aliphatic heterocycles. The van der Waals surface area contributed by atoms with E-state index in [1.807, 2.05) is 19.2 Å². The molecule has 0 spiro atoms. The first-order valence-corrected chi connectivity index (χ1v) is 6.75. The Kier molecular flexibility index (Phi) is 3.44. The van der Waals surface area contributed by atoms with E-state index in [1.165, 1.54) is 0 Å². The second-order valence-corrected chi connectivity index (χ2v) is 5.49. The Morgan fingerprint density at radius 3 is 2.89 bits per heavy atom. The maximum Gasteiger partial charge on any atom is 0.140 e. The van der Waals surface area contributed by atoms with E-state index < -0.39 is 0 Å². The average molecular weight is 298 g/mol. The van der Waals surface area contributed by atoms with Gasteiger partial charge in [0.05, 0.1) is 22.9 Å². The van der Waals surface area contributed by atoms with Gasteiger partial charge in [-0.15, -0.1) is 0 Å². The zero-order valence-corrected chi connectivity index (χ0v) is 11.9. The highest BCUT2D eigenvalue weighted by atomic mass is 35.5. The lowest BCUT2D eigenvalue weighted by Gasteiger charge is -2.29. The van der Waals surface area contributed by atoms with Crippen LogP contribution in [0.3, 0.4) is 0 Å². The van der Waals surface area contributed by atoms with Crippen molar-refractivity contribution in [2.45, 2.75) is 12.6 Å². The van der Waals surface area contributed by atoms with Crippen LogP contribution in [0, 0.1) is 0 Å². The molecule has 1 aliphatic rings. The van der Waals surface area contributed by atoms with Crippen LogP contribution in [0.15, 0.2) is 34.9 Å². The first kappa shape index (κ1) is 12.9. The summed E-state index contributed by atoms with van der Waals surface area (Å²) in [4.78, 5) is 2.16. The minimum Gasteiger partial charge on any atom is -0.484 e. The second-order valence-electron chi connectivity index (χ2n) is 4.68. The minimum absolute atomic E-state index is 0.0512. The van der Waals surface area contributed by atoms with Crippen LogP contribution in [0.1, 0.15) is 17.4 Å². The molecule has 0 N–H and O–H groups in total. The van der Waals surface area contributed by atoms with E-state index in [-0.39, 0.29) is 6.10 Å². The van der Waals surface area contributed by atoms with Crippen molar-refractivity contribution < 1.29 is 9.15 Å². The zero-order chi connectivity index (χ0) is 13.4. The van der Waals surface area contributed by atoms with Crippen molar-refractivity contribution in [3.05, 3.63) is 51.9 Å². The van der Waals surface area contributed by atoms with Gasteiger partial charge in [0.2, 0.25) is 0 Å². The maximum atomic E-state index is 6.00. The van der Waals surface area contributed by atoms with E-state index in [9.17, 15) is 0 Å². The Balaban J connectivity index is 1.86. The quantitative estimate of drug-likeness (QED) is 0.833. The van der Waals surface area contributed by atoms with Gasteiger partial charge in [0.1, 0.15) is 17.6 Å². The number of hydrogen-bond donors (Lipinski definition) is 0. The van der Waals surface area contributed by atoms with Crippen LogP contribution in [-0.4, -0.2) is 18.5 Å². The molecule has 0 radical (unpaired) electrons. The first-order valence-electron chi connectivity index (χ1n) is 6.00. The molecule has 0 saturated carbocycles. The fourth-order valence-electron chi connectivity index (χ4n) is 2.27. The number of halogens is 2. The van der Waals surface area contributed by atoms with Crippen molar-refractivity contribution in [1.29, 1.82) is 0 Å². The molecule has 0 fully saturated rings. The van der Waals surface area contributed by atoms with Crippen LogP contribution in [0.2, 0.25) is 10.0 Å². The third-order valence-electron chi connectivity index (χ3n) is 3.19. The topological polar surface area (TPSA) is 25.6 Å². The van der Waals surface area contributed by atoms with Crippen molar-refractivity contribution in [3.63, 3.8) is 0 Å². The Hall–Kier alpha value is -1.16. The highest BCUT2D eigenvalue weighted by molar-refractivity contribution is 6.42. The van der Waals surface area contributed by atoms with E-state index in [2.05, 4.69) is 4.90 Å². The molecular formula is C14H13Cl2NO2. The third-order valence-corrected chi connectivity index (χ3v) is 3.93. The number of ether oxygens (including phenoxy) is 1. The molecule has 3 nitrogen and oxygen atoms in total. The lowest BCUT2D eigenvalue weighted by molar-refractivity contribution is 0.120. The van der Waals surface area contributed by atoms with Gasteiger partial charge in [-0.25, -0.2) is 0 Å². The fraction of sp³-hybridized carbons (Fsp3) is 0.286. The molecule has 1 aromatic carbocycles. The molecule has 100 valence electrons. The number of nitrogens with zero attached hydrogens (tertiary/aromatic N) is 1. The molecule has 0 aliphatic carbocycles.